The van der Waals surface area contributed by atoms with Crippen molar-refractivity contribution in [1.29, 1.82) is 0 Å². The van der Waals surface area contributed by atoms with Gasteiger partial charge in [0.15, 0.2) is 12.3 Å². The molecule has 4 rings (SSSR count). The van der Waals surface area contributed by atoms with Crippen LogP contribution in [0.15, 0.2) is 36.0 Å². The van der Waals surface area contributed by atoms with E-state index in [1.165, 1.54) is 0 Å². The topological polar surface area (TPSA) is 122 Å². The van der Waals surface area contributed by atoms with Crippen molar-refractivity contribution in [2.45, 2.75) is 96.4 Å². The highest BCUT2D eigenvalue weighted by molar-refractivity contribution is 5.91. The van der Waals surface area contributed by atoms with Crippen LogP contribution >= 0.6 is 0 Å². The monoisotopic (exact) mass is 575 g/mol. The van der Waals surface area contributed by atoms with Gasteiger partial charge >= 0.3 is 6.16 Å². The molecular weight excluding hydrogens is 529 g/mol. The summed E-state index contributed by atoms with van der Waals surface area (Å²) in [6.07, 6.45) is 7.33. The zero-order valence-corrected chi connectivity index (χ0v) is 24.8. The molecule has 8 nitrogen and oxygen atoms in total. The fraction of sp³-hybridized carbons (Fsp3) is 0.719. The summed E-state index contributed by atoms with van der Waals surface area (Å²) >= 11 is 0. The van der Waals surface area contributed by atoms with Gasteiger partial charge < -0.3 is 25.0 Å². The number of hydrogen-bond donors (Lipinski definition) is 3. The van der Waals surface area contributed by atoms with Crippen LogP contribution in [0.2, 0.25) is 0 Å². The molecule has 0 heterocycles. The van der Waals surface area contributed by atoms with E-state index in [2.05, 4.69) is 18.8 Å². The Kier molecular flexibility index (Phi) is 8.91. The van der Waals surface area contributed by atoms with Crippen molar-refractivity contribution in [1.82, 2.24) is 5.32 Å². The summed E-state index contributed by atoms with van der Waals surface area (Å²) < 4.78 is 27.3. The SMILES string of the molecule is C=C1C=C[C@]2(C)C(=C1)CC[C@@H]1[C@H]3C[C@H](C)[C@@](O)(C(=O)COC(=O)OCCC(=O)NCCCCC)[C@]3(C)C[C@@H](O)[C@]12F. The van der Waals surface area contributed by atoms with Gasteiger partial charge in [0.1, 0.15) is 12.2 Å². The Bertz CT molecular complexity index is 1140. The van der Waals surface area contributed by atoms with Crippen molar-refractivity contribution in [3.05, 3.63) is 36.0 Å². The third kappa shape index (κ3) is 5.07. The Morgan fingerprint density at radius 2 is 1.93 bits per heavy atom. The number of alkyl halides is 1. The summed E-state index contributed by atoms with van der Waals surface area (Å²) in [4.78, 5) is 37.5. The number of halogens is 1. The van der Waals surface area contributed by atoms with Gasteiger partial charge in [-0.15, -0.1) is 0 Å². The first-order chi connectivity index (χ1) is 19.3. The first kappa shape index (κ1) is 31.4. The smallest absolute Gasteiger partial charge is 0.434 e. The van der Waals surface area contributed by atoms with Gasteiger partial charge in [0.2, 0.25) is 11.7 Å². The van der Waals surface area contributed by atoms with Crippen LogP contribution in [-0.2, 0) is 19.1 Å². The van der Waals surface area contributed by atoms with Crippen LogP contribution in [-0.4, -0.2) is 65.2 Å². The average molecular weight is 576 g/mol. The Labute approximate surface area is 242 Å². The Morgan fingerprint density at radius 3 is 2.63 bits per heavy atom. The third-order valence-electron chi connectivity index (χ3n) is 10.7. The Balaban J connectivity index is 1.41. The van der Waals surface area contributed by atoms with Crippen LogP contribution in [0.1, 0.15) is 79.1 Å². The van der Waals surface area contributed by atoms with Crippen molar-refractivity contribution in [3.63, 3.8) is 0 Å². The van der Waals surface area contributed by atoms with E-state index in [1.54, 1.807) is 19.9 Å². The Morgan fingerprint density at radius 1 is 1.20 bits per heavy atom. The maximum Gasteiger partial charge on any atom is 0.508 e. The predicted molar refractivity (Wildman–Crippen MR) is 151 cm³/mol. The fourth-order valence-electron chi connectivity index (χ4n) is 8.41. The van der Waals surface area contributed by atoms with Gasteiger partial charge in [-0.2, -0.15) is 0 Å². The minimum absolute atomic E-state index is 0.0285. The van der Waals surface area contributed by atoms with E-state index in [-0.39, 0.29) is 31.3 Å². The lowest BCUT2D eigenvalue weighted by atomic mass is 9.44. The number of aliphatic hydroxyl groups is 2. The highest BCUT2D eigenvalue weighted by Gasteiger charge is 2.75. The highest BCUT2D eigenvalue weighted by Crippen LogP contribution is 2.70. The predicted octanol–water partition coefficient (Wildman–Crippen LogP) is 4.74. The number of unbranched alkanes of at least 4 members (excludes halogenated alkanes) is 2. The van der Waals surface area contributed by atoms with E-state index < -0.39 is 58.6 Å². The number of ketones is 1. The van der Waals surface area contributed by atoms with Gasteiger partial charge in [0, 0.05) is 23.3 Å². The van der Waals surface area contributed by atoms with Crippen LogP contribution in [0.4, 0.5) is 9.18 Å². The minimum atomic E-state index is -1.96. The van der Waals surface area contributed by atoms with E-state index >= 15 is 4.39 Å². The van der Waals surface area contributed by atoms with Crippen molar-refractivity contribution in [2.75, 3.05) is 19.8 Å². The lowest BCUT2D eigenvalue weighted by Gasteiger charge is -2.62. The molecule has 4 aliphatic rings. The van der Waals surface area contributed by atoms with Gasteiger partial charge in [-0.3, -0.25) is 9.59 Å². The van der Waals surface area contributed by atoms with Crippen LogP contribution < -0.4 is 5.32 Å². The molecule has 0 bridgehead atoms. The van der Waals surface area contributed by atoms with E-state index in [4.69, 9.17) is 9.47 Å². The molecule has 3 N–H and O–H groups in total. The lowest BCUT2D eigenvalue weighted by molar-refractivity contribution is -0.219. The molecule has 1 amide bonds. The van der Waals surface area contributed by atoms with Crippen molar-refractivity contribution >= 4 is 17.8 Å². The zero-order chi connectivity index (χ0) is 30.2. The average Bonchev–Trinajstić information content (AvgIpc) is 3.12. The molecule has 0 radical (unpaired) electrons. The molecule has 0 aromatic rings. The van der Waals surface area contributed by atoms with Crippen LogP contribution in [0.25, 0.3) is 0 Å². The minimum Gasteiger partial charge on any atom is -0.434 e. The molecule has 0 saturated heterocycles. The number of carbonyl (C=O) groups excluding carboxylic acids is 3. The number of allylic oxidation sites excluding steroid dienone is 5. The van der Waals surface area contributed by atoms with Gasteiger partial charge in [0.05, 0.1) is 12.5 Å². The Hall–Kier alpha value is -2.52. The molecule has 9 heteroatoms. The second kappa shape index (κ2) is 11.6. The normalized spacial score (nSPS) is 39.2. The van der Waals surface area contributed by atoms with Crippen LogP contribution in [0, 0.1) is 28.6 Å². The summed E-state index contributed by atoms with van der Waals surface area (Å²) in [6.45, 7) is 11.0. The first-order valence-corrected chi connectivity index (χ1v) is 15.0. The molecule has 0 unspecified atom stereocenters. The van der Waals surface area contributed by atoms with Crippen molar-refractivity contribution in [3.8, 4) is 0 Å². The standard InChI is InChI=1S/C32H46FNO7/c1-6-7-8-14-34-27(37)12-15-40-28(38)41-19-26(36)32(39)21(3)17-24-23-10-9-22-16-20(2)11-13-29(22,4)31(23,33)25(35)18-30(24,32)5/h11,13,16,21,23-25,35,39H,2,6-10,12,14-15,17-19H2,1,3-5H3,(H,34,37)/t21-,23+,24+,25+,29+,30+,31+,32+/m0/s1. The molecular formula is C32H46FNO7. The van der Waals surface area contributed by atoms with Gasteiger partial charge in [-0.25, -0.2) is 9.18 Å². The number of nitrogens with one attached hydrogen (secondary N) is 1. The molecule has 3 saturated carbocycles. The number of fused-ring (bicyclic) bond motifs is 5. The zero-order valence-electron chi connectivity index (χ0n) is 24.8. The molecule has 4 aliphatic carbocycles. The summed E-state index contributed by atoms with van der Waals surface area (Å²) in [5.41, 5.74) is -4.31. The summed E-state index contributed by atoms with van der Waals surface area (Å²) in [5.74, 6) is -2.42. The molecule has 0 aromatic carbocycles. The third-order valence-corrected chi connectivity index (χ3v) is 10.7. The second-order valence-corrected chi connectivity index (χ2v) is 13.0. The van der Waals surface area contributed by atoms with Crippen molar-refractivity contribution in [2.24, 2.45) is 28.6 Å². The molecule has 228 valence electrons. The van der Waals surface area contributed by atoms with Gasteiger partial charge in [-0.05, 0) is 56.4 Å². The van der Waals surface area contributed by atoms with Crippen LogP contribution in [0.3, 0.4) is 0 Å². The maximum absolute atomic E-state index is 17.3. The molecule has 41 heavy (non-hydrogen) atoms. The first-order valence-electron chi connectivity index (χ1n) is 15.0. The number of Topliss-reactive ketones (excluding diaryl/α,β-unsaturated/α-hetero) is 1. The molecule has 0 aliphatic heterocycles. The number of aliphatic hydroxyl groups excluding tert-OH is 1. The molecule has 3 fully saturated rings. The van der Waals surface area contributed by atoms with E-state index in [9.17, 15) is 24.6 Å². The number of amides is 1. The van der Waals surface area contributed by atoms with E-state index in [0.29, 0.717) is 25.8 Å². The summed E-state index contributed by atoms with van der Waals surface area (Å²) in [7, 11) is 0. The second-order valence-electron chi connectivity index (χ2n) is 13.0. The summed E-state index contributed by atoms with van der Waals surface area (Å²) in [6, 6.07) is 0. The molecule has 8 atom stereocenters. The fourth-order valence-corrected chi connectivity index (χ4v) is 8.41. The van der Waals surface area contributed by atoms with E-state index in [0.717, 1.165) is 30.4 Å². The number of carbonyl (C=O) groups is 3. The van der Waals surface area contributed by atoms with Crippen molar-refractivity contribution < 1.29 is 38.5 Å². The quantitative estimate of drug-likeness (QED) is 0.254. The lowest BCUT2D eigenvalue weighted by Crippen LogP contribution is -2.69. The molecule has 0 spiro atoms. The highest BCUT2D eigenvalue weighted by atomic mass is 19.1. The largest absolute Gasteiger partial charge is 0.508 e. The maximum atomic E-state index is 17.3. The number of rotatable bonds is 10. The van der Waals surface area contributed by atoms with Crippen LogP contribution in [0.5, 0.6) is 0 Å². The van der Waals surface area contributed by atoms with Gasteiger partial charge in [-0.1, -0.05) is 64.0 Å². The summed E-state index contributed by atoms with van der Waals surface area (Å²) in [5, 5.41) is 26.2. The van der Waals surface area contributed by atoms with E-state index in [1.807, 2.05) is 19.1 Å². The molecule has 0 aromatic heterocycles. The van der Waals surface area contributed by atoms with Gasteiger partial charge in [0.25, 0.3) is 0 Å². The number of hydrogen-bond acceptors (Lipinski definition) is 7. The number of ether oxygens (including phenoxy) is 2.